The maximum atomic E-state index is 5.77. The summed E-state index contributed by atoms with van der Waals surface area (Å²) >= 11 is 3.53. The lowest BCUT2D eigenvalue weighted by molar-refractivity contribution is 0.304. The highest BCUT2D eigenvalue weighted by Gasteiger charge is 2.02. The second-order valence-electron chi connectivity index (χ2n) is 4.55. The molecule has 0 spiro atoms. The zero-order valence-corrected chi connectivity index (χ0v) is 12.8. The number of ether oxygens (including phenoxy) is 1. The van der Waals surface area contributed by atoms with Crippen molar-refractivity contribution in [2.45, 2.75) is 45.4 Å². The van der Waals surface area contributed by atoms with Crippen LogP contribution in [0.1, 0.15) is 44.6 Å². The molecule has 0 heterocycles. The maximum Gasteiger partial charge on any atom is 0.119 e. The van der Waals surface area contributed by atoms with Gasteiger partial charge in [-0.05, 0) is 43.1 Å². The molecule has 0 atom stereocenters. The molecule has 0 saturated carbocycles. The Bertz CT molecular complexity index is 341. The molecule has 0 unspecified atom stereocenters. The molecule has 0 fully saturated rings. The Labute approximate surface area is 119 Å². The first-order valence-electron chi connectivity index (χ1n) is 6.89. The van der Waals surface area contributed by atoms with Gasteiger partial charge in [0.05, 0.1) is 6.61 Å². The summed E-state index contributed by atoms with van der Waals surface area (Å²) < 4.78 is 6.88. The molecule has 0 aromatic heterocycles. The van der Waals surface area contributed by atoms with Crippen LogP contribution in [0.25, 0.3) is 0 Å². The van der Waals surface area contributed by atoms with Gasteiger partial charge in [-0.25, -0.2) is 0 Å². The fourth-order valence-electron chi connectivity index (χ4n) is 1.88. The lowest BCUT2D eigenvalue weighted by atomic mass is 10.1. The highest BCUT2D eigenvalue weighted by molar-refractivity contribution is 9.10. The molecule has 2 nitrogen and oxygen atoms in total. The van der Waals surface area contributed by atoms with Gasteiger partial charge >= 0.3 is 0 Å². The van der Waals surface area contributed by atoms with Crippen LogP contribution in [0.15, 0.2) is 22.7 Å². The van der Waals surface area contributed by atoms with Crippen LogP contribution >= 0.6 is 15.9 Å². The molecular weight excluding hydrogens is 290 g/mol. The van der Waals surface area contributed by atoms with Crippen LogP contribution in [-0.4, -0.2) is 13.2 Å². The van der Waals surface area contributed by atoms with Crippen LogP contribution < -0.4 is 10.5 Å². The smallest absolute Gasteiger partial charge is 0.119 e. The van der Waals surface area contributed by atoms with Gasteiger partial charge in [-0.3, -0.25) is 0 Å². The lowest BCUT2D eigenvalue weighted by Crippen LogP contribution is -2.04. The summed E-state index contributed by atoms with van der Waals surface area (Å²) in [6.07, 6.45) is 7.23. The predicted molar refractivity (Wildman–Crippen MR) is 81.2 cm³/mol. The minimum Gasteiger partial charge on any atom is -0.494 e. The van der Waals surface area contributed by atoms with Crippen molar-refractivity contribution in [1.82, 2.24) is 0 Å². The quantitative estimate of drug-likeness (QED) is 0.690. The molecule has 102 valence electrons. The normalized spacial score (nSPS) is 10.6. The van der Waals surface area contributed by atoms with Crippen molar-refractivity contribution < 1.29 is 4.74 Å². The summed E-state index contributed by atoms with van der Waals surface area (Å²) in [5, 5.41) is 0. The summed E-state index contributed by atoms with van der Waals surface area (Å²) in [4.78, 5) is 0. The van der Waals surface area contributed by atoms with Crippen LogP contribution in [0.5, 0.6) is 5.75 Å². The average Bonchev–Trinajstić information content (AvgIpc) is 2.37. The van der Waals surface area contributed by atoms with Gasteiger partial charge in [0.1, 0.15) is 5.75 Å². The first-order chi connectivity index (χ1) is 8.77. The molecule has 1 aromatic carbocycles. The first kappa shape index (κ1) is 15.5. The number of rotatable bonds is 9. The molecule has 0 aliphatic rings. The van der Waals surface area contributed by atoms with Gasteiger partial charge in [-0.2, -0.15) is 0 Å². The Morgan fingerprint density at radius 1 is 1.17 bits per heavy atom. The van der Waals surface area contributed by atoms with E-state index >= 15 is 0 Å². The molecule has 0 saturated heterocycles. The van der Waals surface area contributed by atoms with Gasteiger partial charge in [0, 0.05) is 4.47 Å². The van der Waals surface area contributed by atoms with Crippen LogP contribution in [-0.2, 0) is 6.42 Å². The second-order valence-corrected chi connectivity index (χ2v) is 5.41. The molecule has 1 aromatic rings. The third kappa shape index (κ3) is 5.87. The number of unbranched alkanes of at least 4 members (excludes halogenated alkanes) is 4. The molecular formula is C15H24BrNO. The van der Waals surface area contributed by atoms with Crippen LogP contribution in [0, 0.1) is 0 Å². The van der Waals surface area contributed by atoms with Crippen molar-refractivity contribution in [3.05, 3.63) is 28.2 Å². The fourth-order valence-corrected chi connectivity index (χ4v) is 2.33. The van der Waals surface area contributed by atoms with Gasteiger partial charge < -0.3 is 10.5 Å². The van der Waals surface area contributed by atoms with Gasteiger partial charge in [-0.15, -0.1) is 0 Å². The summed E-state index contributed by atoms with van der Waals surface area (Å²) in [6.45, 7) is 3.71. The van der Waals surface area contributed by atoms with Crippen molar-refractivity contribution in [2.75, 3.05) is 13.2 Å². The minimum absolute atomic E-state index is 0.666. The van der Waals surface area contributed by atoms with Crippen LogP contribution in [0.2, 0.25) is 0 Å². The van der Waals surface area contributed by atoms with Gasteiger partial charge in [0.15, 0.2) is 0 Å². The van der Waals surface area contributed by atoms with E-state index in [-0.39, 0.29) is 0 Å². The van der Waals surface area contributed by atoms with E-state index in [0.717, 1.165) is 29.7 Å². The molecule has 0 aliphatic heterocycles. The number of hydrogen-bond acceptors (Lipinski definition) is 2. The van der Waals surface area contributed by atoms with Crippen LogP contribution in [0.4, 0.5) is 0 Å². The summed E-state index contributed by atoms with van der Waals surface area (Å²) in [7, 11) is 0. The molecule has 2 N–H and O–H groups in total. The van der Waals surface area contributed by atoms with Crippen molar-refractivity contribution in [3.63, 3.8) is 0 Å². The zero-order chi connectivity index (χ0) is 13.2. The van der Waals surface area contributed by atoms with Crippen LogP contribution in [0.3, 0.4) is 0 Å². The Hall–Kier alpha value is -0.540. The van der Waals surface area contributed by atoms with E-state index in [4.69, 9.17) is 10.5 Å². The van der Waals surface area contributed by atoms with E-state index in [9.17, 15) is 0 Å². The van der Waals surface area contributed by atoms with E-state index in [1.807, 2.05) is 12.1 Å². The Morgan fingerprint density at radius 2 is 1.94 bits per heavy atom. The zero-order valence-electron chi connectivity index (χ0n) is 11.3. The monoisotopic (exact) mass is 313 g/mol. The van der Waals surface area contributed by atoms with E-state index in [2.05, 4.69) is 28.9 Å². The van der Waals surface area contributed by atoms with Crippen molar-refractivity contribution in [1.29, 1.82) is 0 Å². The summed E-state index contributed by atoms with van der Waals surface area (Å²) in [5.74, 6) is 0.956. The molecule has 3 heteroatoms. The van der Waals surface area contributed by atoms with E-state index in [1.54, 1.807) is 0 Å². The third-order valence-electron chi connectivity index (χ3n) is 2.95. The van der Waals surface area contributed by atoms with E-state index < -0.39 is 0 Å². The largest absolute Gasteiger partial charge is 0.494 e. The van der Waals surface area contributed by atoms with E-state index in [1.165, 1.54) is 31.2 Å². The standard InChI is InChI=1S/C15H24BrNO/c1-2-3-4-5-6-11-18-14-7-8-15(16)13(12-14)9-10-17/h7-8,12H,2-6,9-11,17H2,1H3. The van der Waals surface area contributed by atoms with Crippen molar-refractivity contribution in [3.8, 4) is 5.75 Å². The van der Waals surface area contributed by atoms with Crippen molar-refractivity contribution in [2.24, 2.45) is 5.73 Å². The predicted octanol–water partition coefficient (Wildman–Crippen LogP) is 4.30. The van der Waals surface area contributed by atoms with Crippen molar-refractivity contribution >= 4 is 15.9 Å². The fraction of sp³-hybridized carbons (Fsp3) is 0.600. The Morgan fingerprint density at radius 3 is 2.67 bits per heavy atom. The highest BCUT2D eigenvalue weighted by Crippen LogP contribution is 2.23. The Kier molecular flexibility index (Phi) is 8.10. The van der Waals surface area contributed by atoms with Gasteiger partial charge in [0.25, 0.3) is 0 Å². The molecule has 1 rings (SSSR count). The number of halogens is 1. The SMILES string of the molecule is CCCCCCCOc1ccc(Br)c(CCN)c1. The minimum atomic E-state index is 0.666. The lowest BCUT2D eigenvalue weighted by Gasteiger charge is -2.09. The van der Waals surface area contributed by atoms with E-state index in [0.29, 0.717) is 6.54 Å². The third-order valence-corrected chi connectivity index (χ3v) is 3.72. The van der Waals surface area contributed by atoms with Gasteiger partial charge in [0.2, 0.25) is 0 Å². The molecule has 0 amide bonds. The first-order valence-corrected chi connectivity index (χ1v) is 7.68. The summed E-state index contributed by atoms with van der Waals surface area (Å²) in [6, 6.07) is 6.14. The molecule has 18 heavy (non-hydrogen) atoms. The van der Waals surface area contributed by atoms with Gasteiger partial charge in [-0.1, -0.05) is 48.5 Å². The number of hydrogen-bond donors (Lipinski definition) is 1. The molecule has 0 aliphatic carbocycles. The highest BCUT2D eigenvalue weighted by atomic mass is 79.9. The topological polar surface area (TPSA) is 35.2 Å². The average molecular weight is 314 g/mol. The Balaban J connectivity index is 2.31. The number of nitrogens with two attached hydrogens (primary N) is 1. The summed E-state index contributed by atoms with van der Waals surface area (Å²) in [5.41, 5.74) is 6.81. The molecule has 0 radical (unpaired) electrons. The number of benzene rings is 1. The maximum absolute atomic E-state index is 5.77. The molecule has 0 bridgehead atoms. The second kappa shape index (κ2) is 9.40.